The summed E-state index contributed by atoms with van der Waals surface area (Å²) in [6.45, 7) is 3.30. The molecule has 6 heteroatoms. The summed E-state index contributed by atoms with van der Waals surface area (Å²) in [5.41, 5.74) is 5.46. The molecule has 0 unspecified atom stereocenters. The number of carbonyl (C=O) groups excluding carboxylic acids is 1. The van der Waals surface area contributed by atoms with E-state index >= 15 is 0 Å². The monoisotopic (exact) mass is 351 g/mol. The fourth-order valence-corrected chi connectivity index (χ4v) is 2.73. The first-order valence-corrected chi connectivity index (χ1v) is 8.32. The lowest BCUT2D eigenvalue weighted by molar-refractivity contribution is 0.171. The summed E-state index contributed by atoms with van der Waals surface area (Å²) in [4.78, 5) is 11.1. The fourth-order valence-electron chi connectivity index (χ4n) is 2.73. The number of amides is 1. The molecule has 0 saturated carbocycles. The molecule has 0 spiro atoms. The molecular weight excluding hydrogens is 330 g/mol. The predicted molar refractivity (Wildman–Crippen MR) is 102 cm³/mol. The van der Waals surface area contributed by atoms with Crippen molar-refractivity contribution in [2.24, 2.45) is 5.10 Å². The number of nitrogens with one attached hydrogen (secondary N) is 1. The number of methoxy groups -OCH3 is 1. The Morgan fingerprint density at radius 2 is 2.08 bits per heavy atom. The van der Waals surface area contributed by atoms with Crippen molar-refractivity contribution in [3.63, 3.8) is 0 Å². The molecule has 134 valence electrons. The molecule has 1 amide bonds. The molecule has 0 aliphatic heterocycles. The molecule has 3 rings (SSSR count). The van der Waals surface area contributed by atoms with Gasteiger partial charge in [-0.15, -0.1) is 0 Å². The third-order valence-electron chi connectivity index (χ3n) is 3.95. The van der Waals surface area contributed by atoms with Gasteiger partial charge in [0.2, 0.25) is 0 Å². The summed E-state index contributed by atoms with van der Waals surface area (Å²) in [7, 11) is 1.30. The number of hydrogen-bond donors (Lipinski definition) is 1. The molecule has 0 atom stereocenters. The van der Waals surface area contributed by atoms with Gasteiger partial charge in [-0.05, 0) is 30.7 Å². The van der Waals surface area contributed by atoms with Crippen LogP contribution < -0.4 is 10.2 Å². The zero-order chi connectivity index (χ0) is 18.4. The normalized spacial score (nSPS) is 11.0. The molecule has 1 N–H and O–H groups in total. The van der Waals surface area contributed by atoms with Crippen molar-refractivity contribution in [3.8, 4) is 5.75 Å². The van der Waals surface area contributed by atoms with Crippen molar-refractivity contribution in [1.82, 2.24) is 9.99 Å². The standard InChI is InChI=1S/C20H21N3O3/c1-15-6-5-7-17(12-15)26-11-10-23-14-16(13-21-22-20(24)25-2)18-8-3-4-9-19(18)23/h3-9,12-14H,10-11H2,1-2H3,(H,22,24)/b21-13+. The van der Waals surface area contributed by atoms with E-state index in [1.807, 2.05) is 61.7 Å². The number of benzene rings is 2. The summed E-state index contributed by atoms with van der Waals surface area (Å²) < 4.78 is 12.5. The average Bonchev–Trinajstić information content (AvgIpc) is 3.00. The largest absolute Gasteiger partial charge is 0.492 e. The van der Waals surface area contributed by atoms with Gasteiger partial charge in [0.25, 0.3) is 0 Å². The molecule has 6 nitrogen and oxygen atoms in total. The van der Waals surface area contributed by atoms with Crippen LogP contribution in [0.1, 0.15) is 11.1 Å². The van der Waals surface area contributed by atoms with Crippen molar-refractivity contribution in [2.45, 2.75) is 13.5 Å². The van der Waals surface area contributed by atoms with Crippen LogP contribution >= 0.6 is 0 Å². The highest BCUT2D eigenvalue weighted by atomic mass is 16.5. The van der Waals surface area contributed by atoms with Crippen LogP contribution in [0.25, 0.3) is 10.9 Å². The lowest BCUT2D eigenvalue weighted by Crippen LogP contribution is -2.16. The Bertz CT molecular complexity index is 931. The second kappa shape index (κ2) is 8.20. The second-order valence-corrected chi connectivity index (χ2v) is 5.82. The molecule has 0 bridgehead atoms. The average molecular weight is 351 g/mol. The highest BCUT2D eigenvalue weighted by Crippen LogP contribution is 2.20. The van der Waals surface area contributed by atoms with Crippen LogP contribution in [0.15, 0.2) is 59.8 Å². The number of hydrazone groups is 1. The van der Waals surface area contributed by atoms with Gasteiger partial charge in [-0.2, -0.15) is 5.10 Å². The van der Waals surface area contributed by atoms with Gasteiger partial charge in [0, 0.05) is 22.7 Å². The molecule has 0 fully saturated rings. The lowest BCUT2D eigenvalue weighted by Gasteiger charge is -2.08. The van der Waals surface area contributed by atoms with Gasteiger partial charge in [-0.3, -0.25) is 0 Å². The molecule has 1 aromatic heterocycles. The molecule has 0 saturated heterocycles. The number of ether oxygens (including phenoxy) is 2. The van der Waals surface area contributed by atoms with E-state index in [0.717, 1.165) is 22.2 Å². The van der Waals surface area contributed by atoms with E-state index in [1.54, 1.807) is 6.21 Å². The van der Waals surface area contributed by atoms with E-state index in [2.05, 4.69) is 19.8 Å². The second-order valence-electron chi connectivity index (χ2n) is 5.82. The van der Waals surface area contributed by atoms with E-state index in [9.17, 15) is 4.79 Å². The third-order valence-corrected chi connectivity index (χ3v) is 3.95. The Kier molecular flexibility index (Phi) is 5.53. The van der Waals surface area contributed by atoms with E-state index in [-0.39, 0.29) is 0 Å². The van der Waals surface area contributed by atoms with Crippen LogP contribution in [0.3, 0.4) is 0 Å². The number of rotatable bonds is 6. The van der Waals surface area contributed by atoms with Crippen LogP contribution in [0, 0.1) is 6.92 Å². The summed E-state index contributed by atoms with van der Waals surface area (Å²) in [6, 6.07) is 16.0. The maximum absolute atomic E-state index is 11.1. The lowest BCUT2D eigenvalue weighted by atomic mass is 10.2. The summed E-state index contributed by atoms with van der Waals surface area (Å²) >= 11 is 0. The minimum Gasteiger partial charge on any atom is -0.492 e. The quantitative estimate of drug-likeness (QED) is 0.544. The first-order chi connectivity index (χ1) is 12.7. The van der Waals surface area contributed by atoms with Gasteiger partial charge >= 0.3 is 6.09 Å². The zero-order valence-corrected chi connectivity index (χ0v) is 14.8. The van der Waals surface area contributed by atoms with Gasteiger partial charge in [0.1, 0.15) is 12.4 Å². The zero-order valence-electron chi connectivity index (χ0n) is 14.8. The van der Waals surface area contributed by atoms with Crippen molar-refractivity contribution < 1.29 is 14.3 Å². The predicted octanol–water partition coefficient (Wildman–Crippen LogP) is 3.72. The SMILES string of the molecule is COC(=O)N/N=C/c1cn(CCOc2cccc(C)c2)c2ccccc12. The van der Waals surface area contributed by atoms with Crippen molar-refractivity contribution in [3.05, 3.63) is 65.9 Å². The molecule has 0 radical (unpaired) electrons. The number of para-hydroxylation sites is 1. The van der Waals surface area contributed by atoms with E-state index in [4.69, 9.17) is 4.74 Å². The Morgan fingerprint density at radius 3 is 2.88 bits per heavy atom. The molecule has 0 aliphatic rings. The molecule has 1 heterocycles. The maximum atomic E-state index is 11.1. The van der Waals surface area contributed by atoms with Crippen LogP contribution in [-0.4, -0.2) is 30.6 Å². The first-order valence-electron chi connectivity index (χ1n) is 8.32. The summed E-state index contributed by atoms with van der Waals surface area (Å²) in [5.74, 6) is 0.866. The number of carbonyl (C=O) groups is 1. The van der Waals surface area contributed by atoms with Gasteiger partial charge in [-0.1, -0.05) is 30.3 Å². The molecular formula is C20H21N3O3. The minimum atomic E-state index is -0.600. The van der Waals surface area contributed by atoms with Gasteiger partial charge in [-0.25, -0.2) is 10.2 Å². The fraction of sp³-hybridized carbons (Fsp3) is 0.200. The number of hydrogen-bond acceptors (Lipinski definition) is 4. The van der Waals surface area contributed by atoms with Crippen molar-refractivity contribution in [1.29, 1.82) is 0 Å². The van der Waals surface area contributed by atoms with Gasteiger partial charge in [0.15, 0.2) is 0 Å². The van der Waals surface area contributed by atoms with E-state index in [0.29, 0.717) is 13.2 Å². The number of aryl methyl sites for hydroxylation is 1. The number of fused-ring (bicyclic) bond motifs is 1. The minimum absolute atomic E-state index is 0.555. The van der Waals surface area contributed by atoms with Crippen LogP contribution in [0.2, 0.25) is 0 Å². The van der Waals surface area contributed by atoms with Crippen LogP contribution in [-0.2, 0) is 11.3 Å². The molecule has 2 aromatic carbocycles. The Morgan fingerprint density at radius 1 is 1.23 bits per heavy atom. The topological polar surface area (TPSA) is 64.8 Å². The Labute approximate surface area is 152 Å². The smallest absolute Gasteiger partial charge is 0.427 e. The molecule has 26 heavy (non-hydrogen) atoms. The van der Waals surface area contributed by atoms with Crippen molar-refractivity contribution >= 4 is 23.2 Å². The van der Waals surface area contributed by atoms with Crippen molar-refractivity contribution in [2.75, 3.05) is 13.7 Å². The van der Waals surface area contributed by atoms with Gasteiger partial charge in [0.05, 0.1) is 19.9 Å². The van der Waals surface area contributed by atoms with Crippen LogP contribution in [0.4, 0.5) is 4.79 Å². The van der Waals surface area contributed by atoms with E-state index < -0.39 is 6.09 Å². The van der Waals surface area contributed by atoms with E-state index in [1.165, 1.54) is 12.7 Å². The first kappa shape index (κ1) is 17.5. The Hall–Kier alpha value is -3.28. The third kappa shape index (κ3) is 4.22. The number of aromatic nitrogens is 1. The summed E-state index contributed by atoms with van der Waals surface area (Å²) in [5, 5.41) is 4.97. The summed E-state index contributed by atoms with van der Waals surface area (Å²) in [6.07, 6.45) is 3.00. The molecule has 3 aromatic rings. The van der Waals surface area contributed by atoms with Crippen LogP contribution in [0.5, 0.6) is 5.75 Å². The highest BCUT2D eigenvalue weighted by molar-refractivity contribution is 5.99. The maximum Gasteiger partial charge on any atom is 0.427 e. The van der Waals surface area contributed by atoms with Gasteiger partial charge < -0.3 is 14.0 Å². The Balaban J connectivity index is 1.73. The number of nitrogens with zero attached hydrogens (tertiary/aromatic N) is 2. The molecule has 0 aliphatic carbocycles. The highest BCUT2D eigenvalue weighted by Gasteiger charge is 2.07.